The van der Waals surface area contributed by atoms with Gasteiger partial charge in [0.25, 0.3) is 10.0 Å². The maximum absolute atomic E-state index is 14.4. The molecule has 1 atom stereocenters. The quantitative estimate of drug-likeness (QED) is 0.156. The third-order valence-electron chi connectivity index (χ3n) is 6.10. The number of hydrogen-bond acceptors (Lipinski definition) is 10. The van der Waals surface area contributed by atoms with Gasteiger partial charge in [-0.3, -0.25) is 9.13 Å². The van der Waals surface area contributed by atoms with Crippen LogP contribution in [0.15, 0.2) is 41.0 Å². The first-order chi connectivity index (χ1) is 18.8. The van der Waals surface area contributed by atoms with Crippen LogP contribution in [0.3, 0.4) is 0 Å². The summed E-state index contributed by atoms with van der Waals surface area (Å²) in [6.45, 7) is 11.1. The number of nitrogens with zero attached hydrogens (tertiary/aromatic N) is 4. The summed E-state index contributed by atoms with van der Waals surface area (Å²) in [6, 6.07) is 9.15. The first kappa shape index (κ1) is 31.9. The number of rotatable bonds is 15. The van der Waals surface area contributed by atoms with E-state index in [9.17, 15) is 13.0 Å². The van der Waals surface area contributed by atoms with E-state index in [1.54, 1.807) is 44.2 Å². The standard InChI is InChI=1S/C25H39N4O8PSSi/c1-9-36-38(30,37-10-2)19(3)39(31,32)28(16-18-40(6,7)8)25-27-26-24(22-15-12-17-35-22)29(25)23-20(33-4)13-11-14-21(23)34-5/h11-15,17,19H,9-10,16,18H2,1-8H3. The second kappa shape index (κ2) is 12.9. The highest BCUT2D eigenvalue weighted by Crippen LogP contribution is 2.55. The average molecular weight is 615 g/mol. The van der Waals surface area contributed by atoms with Crippen molar-refractivity contribution in [3.8, 4) is 28.8 Å². The molecule has 0 saturated heterocycles. The van der Waals surface area contributed by atoms with Gasteiger partial charge in [-0.15, -0.1) is 10.2 Å². The van der Waals surface area contributed by atoms with Crippen LogP contribution < -0.4 is 13.8 Å². The molecule has 40 heavy (non-hydrogen) atoms. The van der Waals surface area contributed by atoms with Gasteiger partial charge < -0.3 is 22.9 Å². The number of hydrogen-bond donors (Lipinski definition) is 0. The number of sulfonamides is 1. The molecule has 0 saturated carbocycles. The summed E-state index contributed by atoms with van der Waals surface area (Å²) in [7, 11) is -7.26. The molecule has 3 rings (SSSR count). The topological polar surface area (TPSA) is 135 Å². The number of methoxy groups -OCH3 is 2. The minimum Gasteiger partial charge on any atom is -0.494 e. The Hall–Kier alpha value is -2.64. The lowest BCUT2D eigenvalue weighted by Gasteiger charge is -2.31. The van der Waals surface area contributed by atoms with E-state index in [0.717, 1.165) is 4.31 Å². The summed E-state index contributed by atoms with van der Waals surface area (Å²) < 4.78 is 72.9. The Bertz CT molecular complexity index is 1390. The number of benzene rings is 1. The van der Waals surface area contributed by atoms with E-state index in [1.807, 2.05) is 0 Å². The van der Waals surface area contributed by atoms with Crippen LogP contribution in [0.2, 0.25) is 25.7 Å². The van der Waals surface area contributed by atoms with Crippen molar-refractivity contribution in [3.05, 3.63) is 36.6 Å². The molecule has 3 aromatic rings. The van der Waals surface area contributed by atoms with Gasteiger partial charge in [-0.1, -0.05) is 25.7 Å². The van der Waals surface area contributed by atoms with Crippen molar-refractivity contribution in [2.45, 2.75) is 51.4 Å². The van der Waals surface area contributed by atoms with E-state index in [-0.39, 0.29) is 31.5 Å². The SMILES string of the molecule is CCOP(=O)(OCC)C(C)S(=O)(=O)N(CC[Si](C)(C)C)c1nnc(-c2ccco2)n1-c1c(OC)cccc1OC. The molecule has 12 nitrogen and oxygen atoms in total. The predicted molar refractivity (Wildman–Crippen MR) is 157 cm³/mol. The molecule has 0 amide bonds. The third-order valence-corrected chi connectivity index (χ3v) is 13.3. The van der Waals surface area contributed by atoms with E-state index in [1.165, 1.54) is 32.0 Å². The van der Waals surface area contributed by atoms with E-state index in [0.29, 0.717) is 29.0 Å². The highest BCUT2D eigenvalue weighted by molar-refractivity contribution is 7.99. The Morgan fingerprint density at radius 1 is 1.02 bits per heavy atom. The number of para-hydroxylation sites is 1. The maximum Gasteiger partial charge on any atom is 0.350 e. The van der Waals surface area contributed by atoms with E-state index in [2.05, 4.69) is 29.8 Å². The first-order valence-corrected chi connectivity index (χ1v) is 19.8. The van der Waals surface area contributed by atoms with Gasteiger partial charge >= 0.3 is 7.60 Å². The molecule has 2 aromatic heterocycles. The molecular weight excluding hydrogens is 575 g/mol. The molecule has 0 N–H and O–H groups in total. The van der Waals surface area contributed by atoms with Gasteiger partial charge in [0, 0.05) is 14.6 Å². The van der Waals surface area contributed by atoms with Crippen LogP contribution in [0, 0.1) is 0 Å². The van der Waals surface area contributed by atoms with Crippen molar-refractivity contribution in [2.24, 2.45) is 0 Å². The van der Waals surface area contributed by atoms with Gasteiger partial charge in [0.15, 0.2) is 10.8 Å². The summed E-state index contributed by atoms with van der Waals surface area (Å²) in [5.41, 5.74) is 0.373. The fraction of sp³-hybridized carbons (Fsp3) is 0.520. The van der Waals surface area contributed by atoms with E-state index >= 15 is 0 Å². The van der Waals surface area contributed by atoms with Gasteiger partial charge in [-0.2, -0.15) is 0 Å². The maximum atomic E-state index is 14.4. The van der Waals surface area contributed by atoms with Crippen molar-refractivity contribution < 1.29 is 35.9 Å². The highest BCUT2D eigenvalue weighted by Gasteiger charge is 2.46. The van der Waals surface area contributed by atoms with Gasteiger partial charge in [0.1, 0.15) is 17.2 Å². The Balaban J connectivity index is 2.36. The van der Waals surface area contributed by atoms with Gasteiger partial charge in [-0.25, -0.2) is 12.7 Å². The molecule has 0 spiro atoms. The van der Waals surface area contributed by atoms with Gasteiger partial charge in [0.05, 0.1) is 33.7 Å². The summed E-state index contributed by atoms with van der Waals surface area (Å²) >= 11 is 0. The number of anilines is 1. The Morgan fingerprint density at radius 2 is 1.62 bits per heavy atom. The van der Waals surface area contributed by atoms with Crippen LogP contribution in [0.1, 0.15) is 20.8 Å². The summed E-state index contributed by atoms with van der Waals surface area (Å²) in [6.07, 6.45) is 1.48. The third kappa shape index (κ3) is 6.63. The summed E-state index contributed by atoms with van der Waals surface area (Å²) in [5.74, 6) is 1.30. The lowest BCUT2D eigenvalue weighted by Crippen LogP contribution is -2.42. The lowest BCUT2D eigenvalue weighted by atomic mass is 10.2. The molecule has 0 aliphatic carbocycles. The van der Waals surface area contributed by atoms with E-state index < -0.39 is 30.7 Å². The number of ether oxygens (including phenoxy) is 2. The molecule has 222 valence electrons. The van der Waals surface area contributed by atoms with Crippen LogP contribution in [0.25, 0.3) is 17.3 Å². The monoisotopic (exact) mass is 614 g/mol. The minimum absolute atomic E-state index is 0.0171. The first-order valence-electron chi connectivity index (χ1n) is 13.0. The molecule has 0 fully saturated rings. The molecule has 15 heteroatoms. The van der Waals surface area contributed by atoms with E-state index in [4.69, 9.17) is 22.9 Å². The number of furan rings is 1. The molecule has 1 unspecified atom stereocenters. The normalized spacial score (nSPS) is 13.3. The average Bonchev–Trinajstić information content (AvgIpc) is 3.57. The zero-order valence-corrected chi connectivity index (χ0v) is 27.0. The molecule has 1 aromatic carbocycles. The Morgan fingerprint density at radius 3 is 2.10 bits per heavy atom. The Labute approximate surface area is 237 Å². The predicted octanol–water partition coefficient (Wildman–Crippen LogP) is 5.63. The Kier molecular flexibility index (Phi) is 10.3. The smallest absolute Gasteiger partial charge is 0.350 e. The summed E-state index contributed by atoms with van der Waals surface area (Å²) in [4.78, 5) is -1.53. The van der Waals surface area contributed by atoms with Crippen molar-refractivity contribution in [1.82, 2.24) is 14.8 Å². The fourth-order valence-electron chi connectivity index (χ4n) is 3.99. The highest BCUT2D eigenvalue weighted by atomic mass is 32.2. The number of aromatic nitrogens is 3. The molecule has 0 radical (unpaired) electrons. The van der Waals surface area contributed by atoms with Crippen LogP contribution in [-0.4, -0.2) is 70.2 Å². The van der Waals surface area contributed by atoms with Crippen molar-refractivity contribution in [1.29, 1.82) is 0 Å². The second-order valence-electron chi connectivity index (χ2n) is 10.0. The van der Waals surface area contributed by atoms with Crippen molar-refractivity contribution in [2.75, 3.05) is 38.3 Å². The van der Waals surface area contributed by atoms with Gasteiger partial charge in [0.2, 0.25) is 11.8 Å². The summed E-state index contributed by atoms with van der Waals surface area (Å²) in [5, 5.41) is 8.70. The fourth-order valence-corrected chi connectivity index (χ4v) is 9.34. The minimum atomic E-state index is -4.40. The zero-order valence-electron chi connectivity index (χ0n) is 24.3. The zero-order chi connectivity index (χ0) is 29.7. The van der Waals surface area contributed by atoms with Gasteiger partial charge in [-0.05, 0) is 51.1 Å². The van der Waals surface area contributed by atoms with Crippen molar-refractivity contribution >= 4 is 31.6 Å². The van der Waals surface area contributed by atoms with Crippen molar-refractivity contribution in [3.63, 3.8) is 0 Å². The van der Waals surface area contributed by atoms with Crippen LogP contribution in [0.5, 0.6) is 11.5 Å². The molecule has 0 aliphatic heterocycles. The molecule has 0 bridgehead atoms. The lowest BCUT2D eigenvalue weighted by molar-refractivity contribution is 0.218. The largest absolute Gasteiger partial charge is 0.494 e. The molecule has 0 aliphatic rings. The molecular formula is C25H39N4O8PSSi. The van der Waals surface area contributed by atoms with Crippen LogP contribution in [0.4, 0.5) is 5.95 Å². The molecule has 2 heterocycles. The second-order valence-corrected chi connectivity index (χ2v) is 20.6. The van der Waals surface area contributed by atoms with Crippen LogP contribution in [-0.2, 0) is 23.6 Å². The van der Waals surface area contributed by atoms with Crippen LogP contribution >= 0.6 is 7.60 Å².